The third kappa shape index (κ3) is 5.89. The van der Waals surface area contributed by atoms with E-state index in [4.69, 9.17) is 9.47 Å². The molecule has 0 radical (unpaired) electrons. The molecule has 8 heteroatoms. The summed E-state index contributed by atoms with van der Waals surface area (Å²) in [6, 6.07) is 19.0. The maximum absolute atomic E-state index is 13.0. The van der Waals surface area contributed by atoms with Crippen LogP contribution in [0.4, 0.5) is 10.6 Å². The molecule has 0 unspecified atom stereocenters. The van der Waals surface area contributed by atoms with Crippen molar-refractivity contribution in [2.75, 3.05) is 26.1 Å². The number of aromatic nitrogens is 2. The van der Waals surface area contributed by atoms with E-state index in [1.165, 1.54) is 12.7 Å². The molecule has 2 aromatic carbocycles. The van der Waals surface area contributed by atoms with Crippen LogP contribution in [0.15, 0.2) is 60.7 Å². The summed E-state index contributed by atoms with van der Waals surface area (Å²) in [7, 11) is 4.86. The third-order valence-corrected chi connectivity index (χ3v) is 6.66. The van der Waals surface area contributed by atoms with Crippen LogP contribution in [0.2, 0.25) is 0 Å². The van der Waals surface area contributed by atoms with Gasteiger partial charge < -0.3 is 14.8 Å². The molecule has 2 N–H and O–H groups in total. The van der Waals surface area contributed by atoms with E-state index in [0.29, 0.717) is 23.0 Å². The Balaban J connectivity index is 1.43. The lowest BCUT2D eigenvalue weighted by Gasteiger charge is -2.21. The highest BCUT2D eigenvalue weighted by atomic mass is 16.5. The first kappa shape index (κ1) is 24.5. The number of benzene rings is 2. The normalized spacial score (nSPS) is 19.3. The fourth-order valence-electron chi connectivity index (χ4n) is 4.83. The molecule has 1 aliphatic rings. The number of methoxy groups -OCH3 is 2. The van der Waals surface area contributed by atoms with Gasteiger partial charge in [0.05, 0.1) is 18.4 Å². The number of anilines is 1. The van der Waals surface area contributed by atoms with Crippen molar-refractivity contribution < 1.29 is 19.1 Å². The molecule has 0 saturated heterocycles. The highest BCUT2D eigenvalue weighted by Gasteiger charge is 2.36. The molecule has 3 aromatic rings. The number of hydrogen-bond donors (Lipinski definition) is 2. The van der Waals surface area contributed by atoms with E-state index in [2.05, 4.69) is 27.9 Å². The van der Waals surface area contributed by atoms with Crippen LogP contribution < -0.4 is 10.6 Å². The molecule has 8 nitrogen and oxygen atoms in total. The monoisotopic (exact) mass is 476 g/mol. The van der Waals surface area contributed by atoms with Crippen LogP contribution in [0.5, 0.6) is 0 Å². The lowest BCUT2D eigenvalue weighted by Crippen LogP contribution is -2.39. The number of aryl methyl sites for hydroxylation is 1. The molecule has 1 heterocycles. The van der Waals surface area contributed by atoms with E-state index < -0.39 is 0 Å². The van der Waals surface area contributed by atoms with Crippen LogP contribution in [0, 0.1) is 5.92 Å². The Bertz CT molecular complexity index is 1140. The first-order valence-electron chi connectivity index (χ1n) is 11.8. The molecule has 1 aliphatic carbocycles. The Hall–Kier alpha value is -3.65. The Morgan fingerprint density at radius 3 is 2.49 bits per heavy atom. The summed E-state index contributed by atoms with van der Waals surface area (Å²) in [6.45, 7) is 0.726. The van der Waals surface area contributed by atoms with Gasteiger partial charge in [0.25, 0.3) is 0 Å². The summed E-state index contributed by atoms with van der Waals surface area (Å²) < 4.78 is 11.7. The number of urea groups is 1. The van der Waals surface area contributed by atoms with E-state index in [1.807, 2.05) is 36.4 Å². The molecule has 0 spiro atoms. The maximum Gasteiger partial charge on any atom is 0.337 e. The van der Waals surface area contributed by atoms with Crippen LogP contribution in [-0.2, 0) is 16.5 Å². The van der Waals surface area contributed by atoms with Crippen molar-refractivity contribution in [2.24, 2.45) is 13.0 Å². The summed E-state index contributed by atoms with van der Waals surface area (Å²) in [5.41, 5.74) is 3.25. The van der Waals surface area contributed by atoms with Gasteiger partial charge in [0.15, 0.2) is 0 Å². The number of nitrogens with one attached hydrogen (secondary N) is 2. The molecule has 1 saturated carbocycles. The Morgan fingerprint density at radius 1 is 1.06 bits per heavy atom. The Labute approximate surface area is 205 Å². The first-order chi connectivity index (χ1) is 17.0. The van der Waals surface area contributed by atoms with Crippen LogP contribution in [0.25, 0.3) is 11.3 Å². The maximum atomic E-state index is 13.0. The summed E-state index contributed by atoms with van der Waals surface area (Å²) >= 11 is 0. The number of hydrogen-bond acceptors (Lipinski definition) is 5. The van der Waals surface area contributed by atoms with E-state index >= 15 is 0 Å². The van der Waals surface area contributed by atoms with Crippen molar-refractivity contribution in [3.05, 3.63) is 71.8 Å². The number of ether oxygens (including phenoxy) is 2. The second kappa shape index (κ2) is 11.2. The summed E-state index contributed by atoms with van der Waals surface area (Å²) in [6.07, 6.45) is 2.93. The van der Waals surface area contributed by atoms with Crippen molar-refractivity contribution in [1.82, 2.24) is 15.1 Å². The average Bonchev–Trinajstić information content (AvgIpc) is 3.45. The number of carbonyl (C=O) groups excluding carboxylic acids is 2. The third-order valence-electron chi connectivity index (χ3n) is 6.66. The van der Waals surface area contributed by atoms with Crippen molar-refractivity contribution in [1.29, 1.82) is 0 Å². The van der Waals surface area contributed by atoms with Gasteiger partial charge in [0, 0.05) is 44.4 Å². The van der Waals surface area contributed by atoms with Crippen molar-refractivity contribution in [3.63, 3.8) is 0 Å². The number of carbonyl (C=O) groups is 2. The predicted molar refractivity (Wildman–Crippen MR) is 134 cm³/mol. The quantitative estimate of drug-likeness (QED) is 0.464. The molecular formula is C27H32N4O4. The molecule has 3 atom stereocenters. The number of amides is 2. The van der Waals surface area contributed by atoms with Gasteiger partial charge in [-0.15, -0.1) is 0 Å². The second-order valence-electron chi connectivity index (χ2n) is 8.95. The largest absolute Gasteiger partial charge is 0.465 e. The smallest absolute Gasteiger partial charge is 0.337 e. The minimum atomic E-state index is -0.387. The SMILES string of the molecule is COCC[C@@H]1C[C@@H](NC(=O)Nc2cc(-c3ccc(C(=O)OC)cc3)nn2C)[C@H](c2ccccc2)C1. The lowest BCUT2D eigenvalue weighted by molar-refractivity contribution is 0.0600. The molecule has 0 bridgehead atoms. The van der Waals surface area contributed by atoms with Gasteiger partial charge in [0.2, 0.25) is 0 Å². The molecule has 2 amide bonds. The molecular weight excluding hydrogens is 444 g/mol. The van der Waals surface area contributed by atoms with Crippen LogP contribution in [-0.4, -0.2) is 48.6 Å². The Kier molecular flexibility index (Phi) is 7.82. The van der Waals surface area contributed by atoms with E-state index in [-0.39, 0.29) is 24.0 Å². The molecule has 1 aromatic heterocycles. The van der Waals surface area contributed by atoms with Gasteiger partial charge in [-0.3, -0.25) is 10.00 Å². The lowest BCUT2D eigenvalue weighted by atomic mass is 9.93. The minimum absolute atomic E-state index is 0.0396. The van der Waals surface area contributed by atoms with E-state index in [9.17, 15) is 9.59 Å². The average molecular weight is 477 g/mol. The van der Waals surface area contributed by atoms with Crippen molar-refractivity contribution in [3.8, 4) is 11.3 Å². The van der Waals surface area contributed by atoms with E-state index in [0.717, 1.165) is 31.4 Å². The van der Waals surface area contributed by atoms with Gasteiger partial charge in [-0.2, -0.15) is 5.10 Å². The highest BCUT2D eigenvalue weighted by molar-refractivity contribution is 5.90. The first-order valence-corrected chi connectivity index (χ1v) is 11.8. The van der Waals surface area contributed by atoms with E-state index in [1.54, 1.807) is 31.0 Å². The summed E-state index contributed by atoms with van der Waals surface area (Å²) in [5.74, 6) is 0.961. The number of nitrogens with zero attached hydrogens (tertiary/aromatic N) is 2. The number of rotatable bonds is 8. The van der Waals surface area contributed by atoms with Gasteiger partial charge in [-0.1, -0.05) is 42.5 Å². The van der Waals surface area contributed by atoms with Gasteiger partial charge >= 0.3 is 12.0 Å². The Morgan fingerprint density at radius 2 is 1.80 bits per heavy atom. The molecule has 1 fully saturated rings. The molecule has 4 rings (SSSR count). The highest BCUT2D eigenvalue weighted by Crippen LogP contribution is 2.40. The fraction of sp³-hybridized carbons (Fsp3) is 0.370. The van der Waals surface area contributed by atoms with Crippen LogP contribution in [0.1, 0.15) is 41.1 Å². The second-order valence-corrected chi connectivity index (χ2v) is 8.95. The van der Waals surface area contributed by atoms with Crippen molar-refractivity contribution in [2.45, 2.75) is 31.2 Å². The fourth-order valence-corrected chi connectivity index (χ4v) is 4.83. The molecule has 0 aliphatic heterocycles. The predicted octanol–water partition coefficient (Wildman–Crippen LogP) is 4.59. The topological polar surface area (TPSA) is 94.5 Å². The minimum Gasteiger partial charge on any atom is -0.465 e. The standard InChI is InChI=1S/C27H32N4O4/c1-31-25(17-23(30-31)20-9-11-21(12-10-20)26(32)35-3)29-27(33)28-24-16-18(13-14-34-2)15-22(24)19-7-5-4-6-8-19/h4-12,17-18,22,24H,13-16H2,1-3H3,(H2,28,29,33)/t18-,22-,24+/m0/s1. The summed E-state index contributed by atoms with van der Waals surface area (Å²) in [5, 5.41) is 10.7. The van der Waals surface area contributed by atoms with Gasteiger partial charge in [0.1, 0.15) is 5.82 Å². The molecule has 35 heavy (non-hydrogen) atoms. The van der Waals surface area contributed by atoms with Gasteiger partial charge in [-0.05, 0) is 42.9 Å². The summed E-state index contributed by atoms with van der Waals surface area (Å²) in [4.78, 5) is 24.6. The zero-order valence-electron chi connectivity index (χ0n) is 20.4. The van der Waals surface area contributed by atoms with Crippen LogP contribution in [0.3, 0.4) is 0 Å². The number of esters is 1. The van der Waals surface area contributed by atoms with Crippen molar-refractivity contribution >= 4 is 17.8 Å². The van der Waals surface area contributed by atoms with Crippen LogP contribution >= 0.6 is 0 Å². The zero-order valence-corrected chi connectivity index (χ0v) is 20.4. The zero-order chi connectivity index (χ0) is 24.8. The van der Waals surface area contributed by atoms with Gasteiger partial charge in [-0.25, -0.2) is 9.59 Å². The molecule has 184 valence electrons.